The molecule has 0 fully saturated rings. The summed E-state index contributed by atoms with van der Waals surface area (Å²) in [4.78, 5) is 8.11. The molecule has 0 bridgehead atoms. The predicted molar refractivity (Wildman–Crippen MR) is 68.2 cm³/mol. The molecule has 17 heavy (non-hydrogen) atoms. The highest BCUT2D eigenvalue weighted by Crippen LogP contribution is 2.17. The van der Waals surface area contributed by atoms with Crippen LogP contribution in [0.2, 0.25) is 0 Å². The van der Waals surface area contributed by atoms with Crippen molar-refractivity contribution in [2.45, 2.75) is 6.54 Å². The van der Waals surface area contributed by atoms with Crippen LogP contribution in [0, 0.1) is 11.3 Å². The topological polar surface area (TPSA) is 61.6 Å². The third-order valence-electron chi connectivity index (χ3n) is 2.18. The molecule has 0 radical (unpaired) electrons. The predicted octanol–water partition coefficient (Wildman–Crippen LogP) is 2.72. The van der Waals surface area contributed by atoms with Crippen LogP contribution in [0.3, 0.4) is 0 Å². The molecule has 1 N–H and O–H groups in total. The molecule has 0 amide bonds. The molecule has 2 rings (SSSR count). The van der Waals surface area contributed by atoms with Gasteiger partial charge in [0.05, 0.1) is 5.56 Å². The first-order valence-corrected chi connectivity index (χ1v) is 5.77. The van der Waals surface area contributed by atoms with Crippen molar-refractivity contribution in [3.63, 3.8) is 0 Å². The number of nitrogens with one attached hydrogen (secondary N) is 1. The molecule has 0 atom stereocenters. The summed E-state index contributed by atoms with van der Waals surface area (Å²) < 4.78 is 0.795. The van der Waals surface area contributed by atoms with Gasteiger partial charge in [-0.25, -0.2) is 4.98 Å². The molecule has 0 aliphatic rings. The highest BCUT2D eigenvalue weighted by atomic mass is 79.9. The molecular weight excluding hydrogens is 280 g/mol. The van der Waals surface area contributed by atoms with Crippen molar-refractivity contribution in [1.82, 2.24) is 9.97 Å². The summed E-state index contributed by atoms with van der Waals surface area (Å²) in [6.07, 6.45) is 5.13. The average Bonchev–Trinajstić information content (AvgIpc) is 2.38. The van der Waals surface area contributed by atoms with E-state index in [9.17, 15) is 0 Å². The van der Waals surface area contributed by atoms with Crippen LogP contribution in [-0.2, 0) is 6.54 Å². The van der Waals surface area contributed by atoms with Crippen molar-refractivity contribution in [2.75, 3.05) is 5.32 Å². The molecule has 0 aliphatic carbocycles. The van der Waals surface area contributed by atoms with E-state index in [1.807, 2.05) is 12.1 Å². The fourth-order valence-corrected chi connectivity index (χ4v) is 1.68. The molecule has 2 heterocycles. The first kappa shape index (κ1) is 11.6. The Kier molecular flexibility index (Phi) is 3.68. The Hall–Kier alpha value is -1.93. The number of rotatable bonds is 3. The first-order chi connectivity index (χ1) is 8.29. The van der Waals surface area contributed by atoms with E-state index in [2.05, 4.69) is 37.3 Å². The van der Waals surface area contributed by atoms with Crippen LogP contribution in [0.25, 0.3) is 0 Å². The quantitative estimate of drug-likeness (QED) is 0.943. The van der Waals surface area contributed by atoms with E-state index in [1.54, 1.807) is 24.7 Å². The second-order valence-electron chi connectivity index (χ2n) is 3.37. The maximum absolute atomic E-state index is 8.98. The number of nitrogens with zero attached hydrogens (tertiary/aromatic N) is 3. The van der Waals surface area contributed by atoms with E-state index in [-0.39, 0.29) is 0 Å². The van der Waals surface area contributed by atoms with Gasteiger partial charge < -0.3 is 5.32 Å². The Morgan fingerprint density at radius 1 is 1.35 bits per heavy atom. The number of anilines is 1. The molecule has 0 aromatic carbocycles. The monoisotopic (exact) mass is 288 g/mol. The third kappa shape index (κ3) is 3.02. The van der Waals surface area contributed by atoms with E-state index < -0.39 is 0 Å². The summed E-state index contributed by atoms with van der Waals surface area (Å²) in [5.41, 5.74) is 1.61. The molecular formula is C12H9BrN4. The van der Waals surface area contributed by atoms with Crippen molar-refractivity contribution in [2.24, 2.45) is 0 Å². The minimum Gasteiger partial charge on any atom is -0.365 e. The van der Waals surface area contributed by atoms with Crippen molar-refractivity contribution in [3.8, 4) is 6.07 Å². The summed E-state index contributed by atoms with van der Waals surface area (Å²) in [6, 6.07) is 7.67. The lowest BCUT2D eigenvalue weighted by Gasteiger charge is -2.07. The van der Waals surface area contributed by atoms with Gasteiger partial charge in [-0.3, -0.25) is 4.98 Å². The Morgan fingerprint density at radius 2 is 2.12 bits per heavy atom. The highest BCUT2D eigenvalue weighted by Gasteiger charge is 2.03. The Balaban J connectivity index is 2.12. The number of hydrogen-bond acceptors (Lipinski definition) is 4. The molecule has 0 saturated heterocycles. The SMILES string of the molecule is N#Cc1cc(Br)cnc1NCc1ccncc1. The lowest BCUT2D eigenvalue weighted by molar-refractivity contribution is 1.09. The average molecular weight is 289 g/mol. The summed E-state index contributed by atoms with van der Waals surface area (Å²) in [5, 5.41) is 12.1. The van der Waals surface area contributed by atoms with E-state index in [1.165, 1.54) is 0 Å². The molecule has 2 aromatic heterocycles. The normalized spacial score (nSPS) is 9.65. The third-order valence-corrected chi connectivity index (χ3v) is 2.62. The Morgan fingerprint density at radius 3 is 2.82 bits per heavy atom. The Labute approximate surface area is 107 Å². The zero-order chi connectivity index (χ0) is 12.1. The lowest BCUT2D eigenvalue weighted by atomic mass is 10.2. The van der Waals surface area contributed by atoms with E-state index in [0.29, 0.717) is 17.9 Å². The van der Waals surface area contributed by atoms with Crippen LogP contribution in [0.5, 0.6) is 0 Å². The molecule has 0 unspecified atom stereocenters. The van der Waals surface area contributed by atoms with Gasteiger partial charge in [0.15, 0.2) is 0 Å². The summed E-state index contributed by atoms with van der Waals surface area (Å²) in [6.45, 7) is 0.617. The van der Waals surface area contributed by atoms with Gasteiger partial charge in [0, 0.05) is 29.6 Å². The van der Waals surface area contributed by atoms with Crippen LogP contribution < -0.4 is 5.32 Å². The maximum Gasteiger partial charge on any atom is 0.144 e. The van der Waals surface area contributed by atoms with Crippen LogP contribution in [0.15, 0.2) is 41.3 Å². The molecule has 2 aromatic rings. The summed E-state index contributed by atoms with van der Waals surface area (Å²) in [7, 11) is 0. The zero-order valence-corrected chi connectivity index (χ0v) is 10.5. The molecule has 0 spiro atoms. The highest BCUT2D eigenvalue weighted by molar-refractivity contribution is 9.10. The zero-order valence-electron chi connectivity index (χ0n) is 8.89. The lowest BCUT2D eigenvalue weighted by Crippen LogP contribution is -2.03. The number of hydrogen-bond donors (Lipinski definition) is 1. The van der Waals surface area contributed by atoms with Crippen LogP contribution in [-0.4, -0.2) is 9.97 Å². The van der Waals surface area contributed by atoms with Crippen molar-refractivity contribution in [1.29, 1.82) is 5.26 Å². The van der Waals surface area contributed by atoms with Gasteiger partial charge in [-0.15, -0.1) is 0 Å². The second kappa shape index (κ2) is 5.41. The van der Waals surface area contributed by atoms with Crippen LogP contribution in [0.4, 0.5) is 5.82 Å². The molecule has 4 nitrogen and oxygen atoms in total. The number of nitriles is 1. The fraction of sp³-hybridized carbons (Fsp3) is 0.0833. The fourth-order valence-electron chi connectivity index (χ4n) is 1.35. The molecule has 0 saturated carbocycles. The minimum absolute atomic E-state index is 0.522. The van der Waals surface area contributed by atoms with Gasteiger partial charge >= 0.3 is 0 Å². The first-order valence-electron chi connectivity index (χ1n) is 4.98. The van der Waals surface area contributed by atoms with Crippen molar-refractivity contribution in [3.05, 3.63) is 52.4 Å². The standard InChI is InChI=1S/C12H9BrN4/c13-11-5-10(6-14)12(17-8-11)16-7-9-1-3-15-4-2-9/h1-5,8H,7H2,(H,16,17). The van der Waals surface area contributed by atoms with E-state index in [4.69, 9.17) is 5.26 Å². The number of pyridine rings is 2. The summed E-state index contributed by atoms with van der Waals surface area (Å²) >= 11 is 3.28. The molecule has 84 valence electrons. The maximum atomic E-state index is 8.98. The van der Waals surface area contributed by atoms with Gasteiger partial charge in [0.2, 0.25) is 0 Å². The van der Waals surface area contributed by atoms with Gasteiger partial charge in [-0.2, -0.15) is 5.26 Å². The Bertz CT molecular complexity index is 548. The van der Waals surface area contributed by atoms with Gasteiger partial charge in [-0.05, 0) is 39.7 Å². The largest absolute Gasteiger partial charge is 0.365 e. The van der Waals surface area contributed by atoms with Crippen LogP contribution in [0.1, 0.15) is 11.1 Å². The number of aromatic nitrogens is 2. The van der Waals surface area contributed by atoms with Crippen LogP contribution >= 0.6 is 15.9 Å². The van der Waals surface area contributed by atoms with E-state index >= 15 is 0 Å². The van der Waals surface area contributed by atoms with Gasteiger partial charge in [-0.1, -0.05) is 0 Å². The number of halogens is 1. The van der Waals surface area contributed by atoms with Gasteiger partial charge in [0.1, 0.15) is 11.9 Å². The minimum atomic E-state index is 0.522. The van der Waals surface area contributed by atoms with Crippen molar-refractivity contribution >= 4 is 21.7 Å². The smallest absolute Gasteiger partial charge is 0.144 e. The second-order valence-corrected chi connectivity index (χ2v) is 4.29. The molecule has 0 aliphatic heterocycles. The summed E-state index contributed by atoms with van der Waals surface area (Å²) in [5.74, 6) is 0.590. The van der Waals surface area contributed by atoms with Crippen molar-refractivity contribution < 1.29 is 0 Å². The van der Waals surface area contributed by atoms with Gasteiger partial charge in [0.25, 0.3) is 0 Å². The molecule has 5 heteroatoms. The van der Waals surface area contributed by atoms with E-state index in [0.717, 1.165) is 10.0 Å².